The van der Waals surface area contributed by atoms with Gasteiger partial charge < -0.3 is 20.4 Å². The molecule has 0 bridgehead atoms. The molecule has 2 amide bonds. The molecule has 0 aromatic heterocycles. The Morgan fingerprint density at radius 3 is 2.30 bits per heavy atom. The molecule has 3 unspecified atom stereocenters. The molecule has 2 rings (SSSR count). The van der Waals surface area contributed by atoms with Crippen molar-refractivity contribution in [1.82, 2.24) is 10.2 Å². The van der Waals surface area contributed by atoms with E-state index >= 15 is 0 Å². The first-order chi connectivity index (χ1) is 9.36. The number of urea groups is 1. The number of carboxylic acid groups (broad SMARTS) is 1. The van der Waals surface area contributed by atoms with Gasteiger partial charge >= 0.3 is 12.0 Å². The minimum Gasteiger partial charge on any atom is -0.480 e. The number of aliphatic hydroxyl groups is 1. The number of hydrogen-bond acceptors (Lipinski definition) is 3. The molecule has 0 spiro atoms. The lowest BCUT2D eigenvalue weighted by atomic mass is 9.91. The van der Waals surface area contributed by atoms with Gasteiger partial charge in [0, 0.05) is 7.05 Å². The number of likely N-dealkylation sites (N-methyl/N-ethyl adjacent to an activating group) is 1. The van der Waals surface area contributed by atoms with Crippen LogP contribution in [0.15, 0.2) is 0 Å². The van der Waals surface area contributed by atoms with Crippen LogP contribution in [0.25, 0.3) is 0 Å². The van der Waals surface area contributed by atoms with Crippen molar-refractivity contribution in [2.45, 2.75) is 63.1 Å². The molecule has 6 heteroatoms. The van der Waals surface area contributed by atoms with Crippen LogP contribution in [0.2, 0.25) is 0 Å². The Balaban J connectivity index is 2.01. The summed E-state index contributed by atoms with van der Waals surface area (Å²) in [5, 5.41) is 22.0. The van der Waals surface area contributed by atoms with E-state index in [4.69, 9.17) is 0 Å². The average Bonchev–Trinajstić information content (AvgIpc) is 3.22. The summed E-state index contributed by atoms with van der Waals surface area (Å²) in [5.74, 6) is -0.987. The van der Waals surface area contributed by atoms with Crippen LogP contribution in [-0.4, -0.2) is 51.8 Å². The van der Waals surface area contributed by atoms with Gasteiger partial charge in [-0.3, -0.25) is 0 Å². The van der Waals surface area contributed by atoms with Gasteiger partial charge in [0.1, 0.15) is 5.54 Å². The first-order valence-corrected chi connectivity index (χ1v) is 7.32. The minimum absolute atomic E-state index is 0.00799. The molecule has 3 N–H and O–H groups in total. The van der Waals surface area contributed by atoms with E-state index in [0.717, 1.165) is 32.1 Å². The van der Waals surface area contributed by atoms with Crippen LogP contribution >= 0.6 is 0 Å². The van der Waals surface area contributed by atoms with E-state index in [-0.39, 0.29) is 12.0 Å². The molecule has 0 radical (unpaired) electrons. The molecule has 0 aromatic carbocycles. The van der Waals surface area contributed by atoms with Gasteiger partial charge in [0.15, 0.2) is 0 Å². The number of nitrogens with zero attached hydrogens (tertiary/aromatic N) is 1. The van der Waals surface area contributed by atoms with Gasteiger partial charge in [-0.15, -0.1) is 0 Å². The Kier molecular flexibility index (Phi) is 4.22. The molecule has 2 fully saturated rings. The number of amides is 2. The molecule has 2 saturated carbocycles. The third-order valence-corrected chi connectivity index (χ3v) is 4.72. The lowest BCUT2D eigenvalue weighted by Crippen LogP contribution is -2.59. The summed E-state index contributed by atoms with van der Waals surface area (Å²) in [5.41, 5.74) is -1.20. The normalized spacial score (nSPS) is 29.4. The summed E-state index contributed by atoms with van der Waals surface area (Å²) >= 11 is 0. The summed E-state index contributed by atoms with van der Waals surface area (Å²) in [7, 11) is 1.63. The van der Waals surface area contributed by atoms with Gasteiger partial charge in [-0.2, -0.15) is 0 Å². The summed E-state index contributed by atoms with van der Waals surface area (Å²) < 4.78 is 0. The third kappa shape index (κ3) is 2.90. The lowest BCUT2D eigenvalue weighted by Gasteiger charge is -2.37. The van der Waals surface area contributed by atoms with Crippen LogP contribution in [0, 0.1) is 5.92 Å². The highest BCUT2D eigenvalue weighted by Gasteiger charge is 2.49. The molecule has 6 nitrogen and oxygen atoms in total. The van der Waals surface area contributed by atoms with Crippen molar-refractivity contribution >= 4 is 12.0 Å². The first kappa shape index (κ1) is 15.1. The third-order valence-electron chi connectivity index (χ3n) is 4.72. The Hall–Kier alpha value is -1.30. The fourth-order valence-corrected chi connectivity index (χ4v) is 3.00. The zero-order chi connectivity index (χ0) is 14.9. The Morgan fingerprint density at radius 1 is 1.20 bits per heavy atom. The number of rotatable bonds is 4. The molecular formula is C14H24N2O4. The second-order valence-corrected chi connectivity index (χ2v) is 6.24. The van der Waals surface area contributed by atoms with Crippen molar-refractivity contribution in [2.75, 3.05) is 7.05 Å². The Morgan fingerprint density at radius 2 is 1.80 bits per heavy atom. The van der Waals surface area contributed by atoms with Gasteiger partial charge in [-0.1, -0.05) is 12.8 Å². The number of carboxylic acids is 1. The molecular weight excluding hydrogens is 260 g/mol. The molecule has 2 aliphatic carbocycles. The highest BCUT2D eigenvalue weighted by Crippen LogP contribution is 2.40. The fraction of sp³-hybridized carbons (Fsp3) is 0.857. The van der Waals surface area contributed by atoms with E-state index in [1.54, 1.807) is 14.0 Å². The monoisotopic (exact) mass is 284 g/mol. The molecule has 114 valence electrons. The van der Waals surface area contributed by atoms with Crippen LogP contribution < -0.4 is 5.32 Å². The van der Waals surface area contributed by atoms with Crippen LogP contribution in [0.3, 0.4) is 0 Å². The summed E-state index contributed by atoms with van der Waals surface area (Å²) in [6.45, 7) is 1.57. The van der Waals surface area contributed by atoms with E-state index < -0.39 is 23.6 Å². The van der Waals surface area contributed by atoms with E-state index in [1.165, 1.54) is 4.90 Å². The molecule has 3 atom stereocenters. The number of carbonyl (C=O) groups excluding carboxylic acids is 1. The standard InChI is InChI=1S/C14H24N2O4/c1-14(12(18)19,9-7-8-9)15-13(20)16(2)10-5-3-4-6-11(10)17/h9-11,17H,3-8H2,1-2H3,(H,15,20)(H,18,19). The lowest BCUT2D eigenvalue weighted by molar-refractivity contribution is -0.144. The van der Waals surface area contributed by atoms with Crippen molar-refractivity contribution < 1.29 is 19.8 Å². The van der Waals surface area contributed by atoms with E-state index in [0.29, 0.717) is 6.42 Å². The second-order valence-electron chi connectivity index (χ2n) is 6.24. The van der Waals surface area contributed by atoms with Crippen LogP contribution in [0.5, 0.6) is 0 Å². The molecule has 0 aliphatic heterocycles. The predicted octanol–water partition coefficient (Wildman–Crippen LogP) is 1.18. The quantitative estimate of drug-likeness (QED) is 0.723. The maximum atomic E-state index is 12.3. The van der Waals surface area contributed by atoms with Gasteiger partial charge in [0.25, 0.3) is 0 Å². The molecule has 20 heavy (non-hydrogen) atoms. The number of aliphatic hydroxyl groups excluding tert-OH is 1. The van der Waals surface area contributed by atoms with E-state index in [1.807, 2.05) is 0 Å². The minimum atomic E-state index is -1.20. The summed E-state index contributed by atoms with van der Waals surface area (Å²) in [6, 6.07) is -0.631. The van der Waals surface area contributed by atoms with Crippen molar-refractivity contribution in [3.63, 3.8) is 0 Å². The molecule has 0 aromatic rings. The molecule has 0 saturated heterocycles. The predicted molar refractivity (Wildman–Crippen MR) is 73.3 cm³/mol. The number of aliphatic carboxylic acids is 1. The van der Waals surface area contributed by atoms with Crippen molar-refractivity contribution in [2.24, 2.45) is 5.92 Å². The van der Waals surface area contributed by atoms with E-state index in [2.05, 4.69) is 5.32 Å². The highest BCUT2D eigenvalue weighted by atomic mass is 16.4. The van der Waals surface area contributed by atoms with Crippen LogP contribution in [0.1, 0.15) is 45.4 Å². The smallest absolute Gasteiger partial charge is 0.329 e. The van der Waals surface area contributed by atoms with Gasteiger partial charge in [0.05, 0.1) is 12.1 Å². The number of nitrogens with one attached hydrogen (secondary N) is 1. The first-order valence-electron chi connectivity index (χ1n) is 7.32. The summed E-state index contributed by atoms with van der Waals surface area (Å²) in [6.07, 6.45) is 4.56. The zero-order valence-corrected chi connectivity index (χ0v) is 12.1. The number of carbonyl (C=O) groups is 2. The average molecular weight is 284 g/mol. The molecule has 0 heterocycles. The maximum Gasteiger partial charge on any atom is 0.329 e. The Labute approximate surface area is 119 Å². The van der Waals surface area contributed by atoms with Crippen LogP contribution in [0.4, 0.5) is 4.79 Å². The van der Waals surface area contributed by atoms with Crippen molar-refractivity contribution in [3.05, 3.63) is 0 Å². The SMILES string of the molecule is CN(C(=O)NC(C)(C(=O)O)C1CC1)C1CCCCC1O. The van der Waals surface area contributed by atoms with Gasteiger partial charge in [0.2, 0.25) is 0 Å². The van der Waals surface area contributed by atoms with E-state index in [9.17, 15) is 19.8 Å². The zero-order valence-electron chi connectivity index (χ0n) is 12.1. The van der Waals surface area contributed by atoms with Gasteiger partial charge in [-0.25, -0.2) is 9.59 Å². The second kappa shape index (κ2) is 5.60. The Bertz CT molecular complexity index is 397. The van der Waals surface area contributed by atoms with Crippen molar-refractivity contribution in [1.29, 1.82) is 0 Å². The van der Waals surface area contributed by atoms with Gasteiger partial charge in [-0.05, 0) is 38.5 Å². The van der Waals surface area contributed by atoms with Crippen molar-refractivity contribution in [3.8, 4) is 0 Å². The number of hydrogen-bond donors (Lipinski definition) is 3. The van der Waals surface area contributed by atoms with Crippen LogP contribution in [-0.2, 0) is 4.79 Å². The molecule has 2 aliphatic rings. The topological polar surface area (TPSA) is 89.9 Å². The fourth-order valence-electron chi connectivity index (χ4n) is 3.00. The highest BCUT2D eigenvalue weighted by molar-refractivity contribution is 5.86. The maximum absolute atomic E-state index is 12.3. The largest absolute Gasteiger partial charge is 0.480 e. The summed E-state index contributed by atoms with van der Waals surface area (Å²) in [4.78, 5) is 25.2.